The van der Waals surface area contributed by atoms with E-state index in [0.717, 1.165) is 18.5 Å². The summed E-state index contributed by atoms with van der Waals surface area (Å²) < 4.78 is 15.4. The lowest BCUT2D eigenvalue weighted by molar-refractivity contribution is 0.168. The van der Waals surface area contributed by atoms with Crippen molar-refractivity contribution in [2.75, 3.05) is 0 Å². The largest absolute Gasteiger partial charge is 0.386 e. The average Bonchev–Trinajstić information content (AvgIpc) is 3.12. The number of hydrogen-bond donors (Lipinski definition) is 1. The summed E-state index contributed by atoms with van der Waals surface area (Å²) in [5, 5.41) is 10.4. The molecule has 1 unspecified atom stereocenters. The van der Waals surface area contributed by atoms with Crippen LogP contribution in [0.1, 0.15) is 36.2 Å². The molecule has 1 atom stereocenters. The molecule has 1 aromatic carbocycles. The smallest absolute Gasteiger partial charge is 0.142 e. The summed E-state index contributed by atoms with van der Waals surface area (Å²) in [6.45, 7) is 0. The second-order valence-corrected chi connectivity index (χ2v) is 5.27. The summed E-state index contributed by atoms with van der Waals surface area (Å²) >= 11 is 5.90. The Kier molecular flexibility index (Phi) is 3.29. The molecule has 0 aliphatic heterocycles. The molecule has 1 N–H and O–H groups in total. The van der Waals surface area contributed by atoms with Crippen molar-refractivity contribution in [3.05, 3.63) is 52.8 Å². The van der Waals surface area contributed by atoms with E-state index < -0.39 is 11.9 Å². The molecule has 1 fully saturated rings. The van der Waals surface area contributed by atoms with E-state index in [1.165, 1.54) is 6.07 Å². The molecule has 3 nitrogen and oxygen atoms in total. The van der Waals surface area contributed by atoms with Gasteiger partial charge in [0.25, 0.3) is 0 Å². The lowest BCUT2D eigenvalue weighted by Gasteiger charge is -2.14. The fraction of sp³-hybridized carbons (Fsp3) is 0.357. The maximum atomic E-state index is 13.4. The highest BCUT2D eigenvalue weighted by Gasteiger charge is 2.27. The van der Waals surface area contributed by atoms with Gasteiger partial charge in [-0.1, -0.05) is 23.7 Å². The molecule has 1 saturated carbocycles. The Bertz CT molecular complexity index is 595. The third-order valence-corrected chi connectivity index (χ3v) is 3.85. The monoisotopic (exact) mass is 280 g/mol. The lowest BCUT2D eigenvalue weighted by Crippen LogP contribution is -2.09. The molecule has 1 aliphatic carbocycles. The molecule has 1 heterocycles. The van der Waals surface area contributed by atoms with Crippen LogP contribution < -0.4 is 0 Å². The number of aromatic nitrogens is 2. The topological polar surface area (TPSA) is 38.1 Å². The van der Waals surface area contributed by atoms with Crippen molar-refractivity contribution >= 4 is 11.6 Å². The first-order valence-corrected chi connectivity index (χ1v) is 6.67. The maximum Gasteiger partial charge on any atom is 0.142 e. The van der Waals surface area contributed by atoms with Crippen LogP contribution in [0.4, 0.5) is 4.39 Å². The van der Waals surface area contributed by atoms with Crippen LogP contribution in [0.5, 0.6) is 0 Å². The summed E-state index contributed by atoms with van der Waals surface area (Å²) in [6.07, 6.45) is 5.21. The van der Waals surface area contributed by atoms with Crippen molar-refractivity contribution in [3.8, 4) is 0 Å². The molecular weight excluding hydrogens is 267 g/mol. The Morgan fingerprint density at radius 3 is 3.00 bits per heavy atom. The third kappa shape index (κ3) is 2.51. The first-order chi connectivity index (χ1) is 9.16. The number of imidazole rings is 1. The van der Waals surface area contributed by atoms with E-state index in [2.05, 4.69) is 4.98 Å². The molecule has 100 valence electrons. The fourth-order valence-electron chi connectivity index (χ4n) is 2.25. The standard InChI is InChI=1S/C14H14ClFN2O/c15-14-9(2-1-3-11(14)16)6-13(19)12-7-17-8-18(12)10-4-5-10/h1-3,7-8,10,13,19H,4-6H2. The second kappa shape index (κ2) is 4.94. The predicted molar refractivity (Wildman–Crippen MR) is 70.6 cm³/mol. The highest BCUT2D eigenvalue weighted by molar-refractivity contribution is 6.31. The van der Waals surface area contributed by atoms with Crippen molar-refractivity contribution < 1.29 is 9.50 Å². The molecule has 0 saturated heterocycles. The third-order valence-electron chi connectivity index (χ3n) is 3.42. The van der Waals surface area contributed by atoms with E-state index in [0.29, 0.717) is 11.6 Å². The van der Waals surface area contributed by atoms with Crippen LogP contribution in [0.2, 0.25) is 5.02 Å². The SMILES string of the molecule is OC(Cc1cccc(F)c1Cl)c1cncn1C1CC1. The zero-order valence-electron chi connectivity index (χ0n) is 10.3. The van der Waals surface area contributed by atoms with Crippen LogP contribution in [0.25, 0.3) is 0 Å². The van der Waals surface area contributed by atoms with E-state index >= 15 is 0 Å². The molecule has 0 spiro atoms. The van der Waals surface area contributed by atoms with Gasteiger partial charge < -0.3 is 9.67 Å². The van der Waals surface area contributed by atoms with E-state index in [9.17, 15) is 9.50 Å². The molecular formula is C14H14ClFN2O. The lowest BCUT2D eigenvalue weighted by atomic mass is 10.1. The Balaban J connectivity index is 1.82. The van der Waals surface area contributed by atoms with Crippen molar-refractivity contribution in [1.82, 2.24) is 9.55 Å². The van der Waals surface area contributed by atoms with Gasteiger partial charge in [-0.05, 0) is 24.5 Å². The van der Waals surface area contributed by atoms with Gasteiger partial charge in [-0.3, -0.25) is 0 Å². The summed E-state index contributed by atoms with van der Waals surface area (Å²) in [6, 6.07) is 5.09. The van der Waals surface area contributed by atoms with Crippen LogP contribution in [0.3, 0.4) is 0 Å². The summed E-state index contributed by atoms with van der Waals surface area (Å²) in [4.78, 5) is 4.08. The molecule has 0 amide bonds. The highest BCUT2D eigenvalue weighted by Crippen LogP contribution is 2.37. The van der Waals surface area contributed by atoms with E-state index in [-0.39, 0.29) is 11.4 Å². The van der Waals surface area contributed by atoms with Gasteiger partial charge in [0.15, 0.2) is 0 Å². The van der Waals surface area contributed by atoms with Crippen molar-refractivity contribution in [2.24, 2.45) is 0 Å². The number of aliphatic hydroxyl groups is 1. The molecule has 5 heteroatoms. The number of hydrogen-bond acceptors (Lipinski definition) is 2. The van der Waals surface area contributed by atoms with Crippen LogP contribution >= 0.6 is 11.6 Å². The molecule has 1 aromatic heterocycles. The summed E-state index contributed by atoms with van der Waals surface area (Å²) in [5.74, 6) is -0.456. The number of nitrogens with zero attached hydrogens (tertiary/aromatic N) is 2. The minimum Gasteiger partial charge on any atom is -0.386 e. The molecule has 1 aliphatic rings. The van der Waals surface area contributed by atoms with Gasteiger partial charge in [-0.15, -0.1) is 0 Å². The molecule has 0 radical (unpaired) electrons. The zero-order valence-corrected chi connectivity index (χ0v) is 11.0. The van der Waals surface area contributed by atoms with E-state index in [1.807, 2.05) is 4.57 Å². The highest BCUT2D eigenvalue weighted by atomic mass is 35.5. The Labute approximate surface area is 115 Å². The van der Waals surface area contributed by atoms with Gasteiger partial charge in [-0.2, -0.15) is 0 Å². The Morgan fingerprint density at radius 2 is 2.26 bits per heavy atom. The molecule has 3 rings (SSSR count). The van der Waals surface area contributed by atoms with Crippen molar-refractivity contribution in [1.29, 1.82) is 0 Å². The van der Waals surface area contributed by atoms with Gasteiger partial charge in [0.2, 0.25) is 0 Å². The first-order valence-electron chi connectivity index (χ1n) is 6.29. The zero-order chi connectivity index (χ0) is 13.4. The minimum absolute atomic E-state index is 0.0824. The number of halogens is 2. The van der Waals surface area contributed by atoms with E-state index in [4.69, 9.17) is 11.6 Å². The van der Waals surface area contributed by atoms with Gasteiger partial charge in [0, 0.05) is 12.5 Å². The number of aliphatic hydroxyl groups excluding tert-OH is 1. The normalized spacial score (nSPS) is 16.6. The fourth-order valence-corrected chi connectivity index (χ4v) is 2.45. The number of benzene rings is 1. The van der Waals surface area contributed by atoms with Crippen LogP contribution in [-0.2, 0) is 6.42 Å². The Morgan fingerprint density at radius 1 is 1.47 bits per heavy atom. The minimum atomic E-state index is -0.720. The van der Waals surface area contributed by atoms with Gasteiger partial charge in [0.1, 0.15) is 5.82 Å². The summed E-state index contributed by atoms with van der Waals surface area (Å²) in [5.41, 5.74) is 1.38. The maximum absolute atomic E-state index is 13.4. The predicted octanol–water partition coefficient (Wildman–Crippen LogP) is 3.29. The van der Waals surface area contributed by atoms with Gasteiger partial charge >= 0.3 is 0 Å². The first kappa shape index (κ1) is 12.6. The van der Waals surface area contributed by atoms with E-state index in [1.54, 1.807) is 24.7 Å². The summed E-state index contributed by atoms with van der Waals surface area (Å²) in [7, 11) is 0. The van der Waals surface area contributed by atoms with Gasteiger partial charge in [0.05, 0.1) is 29.3 Å². The molecule has 0 bridgehead atoms. The van der Waals surface area contributed by atoms with Crippen LogP contribution in [0, 0.1) is 5.82 Å². The molecule has 19 heavy (non-hydrogen) atoms. The number of rotatable bonds is 4. The average molecular weight is 281 g/mol. The van der Waals surface area contributed by atoms with Gasteiger partial charge in [-0.25, -0.2) is 9.37 Å². The van der Waals surface area contributed by atoms with Crippen molar-refractivity contribution in [2.45, 2.75) is 31.4 Å². The molecule has 2 aromatic rings. The Hall–Kier alpha value is -1.39. The van der Waals surface area contributed by atoms with Crippen molar-refractivity contribution in [3.63, 3.8) is 0 Å². The van der Waals surface area contributed by atoms with Crippen LogP contribution in [-0.4, -0.2) is 14.7 Å². The quantitative estimate of drug-likeness (QED) is 0.933. The second-order valence-electron chi connectivity index (χ2n) is 4.89. The van der Waals surface area contributed by atoms with Crippen LogP contribution in [0.15, 0.2) is 30.7 Å².